The van der Waals surface area contributed by atoms with Gasteiger partial charge in [-0.1, -0.05) is 11.8 Å². The SMILES string of the molecule is CC(C)(CN)Sc1ccncn1. The number of thioether (sulfide) groups is 1. The van der Waals surface area contributed by atoms with Gasteiger partial charge in [-0.15, -0.1) is 0 Å². The van der Waals surface area contributed by atoms with Gasteiger partial charge in [-0.25, -0.2) is 9.97 Å². The van der Waals surface area contributed by atoms with Gasteiger partial charge in [0.1, 0.15) is 6.33 Å². The molecule has 0 atom stereocenters. The highest BCUT2D eigenvalue weighted by Gasteiger charge is 2.17. The first-order valence-corrected chi connectivity index (χ1v) is 4.61. The van der Waals surface area contributed by atoms with Crippen molar-refractivity contribution in [2.45, 2.75) is 23.6 Å². The molecule has 1 aromatic rings. The van der Waals surface area contributed by atoms with Crippen LogP contribution in [0, 0.1) is 0 Å². The molecular formula is C8H13N3S. The lowest BCUT2D eigenvalue weighted by Crippen LogP contribution is -2.26. The molecule has 0 bridgehead atoms. The van der Waals surface area contributed by atoms with E-state index in [4.69, 9.17) is 5.73 Å². The molecule has 0 aliphatic heterocycles. The summed E-state index contributed by atoms with van der Waals surface area (Å²) < 4.78 is 0.0500. The van der Waals surface area contributed by atoms with E-state index in [0.29, 0.717) is 6.54 Å². The Morgan fingerprint density at radius 1 is 1.58 bits per heavy atom. The number of aromatic nitrogens is 2. The molecule has 0 radical (unpaired) electrons. The minimum Gasteiger partial charge on any atom is -0.329 e. The molecule has 0 aliphatic rings. The van der Waals surface area contributed by atoms with Gasteiger partial charge < -0.3 is 5.73 Å². The second-order valence-electron chi connectivity index (χ2n) is 3.11. The van der Waals surface area contributed by atoms with E-state index in [9.17, 15) is 0 Å². The average molecular weight is 183 g/mol. The molecule has 0 saturated carbocycles. The fourth-order valence-corrected chi connectivity index (χ4v) is 1.54. The Labute approximate surface area is 76.8 Å². The van der Waals surface area contributed by atoms with Gasteiger partial charge in [0.15, 0.2) is 0 Å². The third-order valence-corrected chi connectivity index (χ3v) is 2.60. The third kappa shape index (κ3) is 2.79. The molecule has 0 unspecified atom stereocenters. The molecule has 12 heavy (non-hydrogen) atoms. The van der Waals surface area contributed by atoms with E-state index in [1.807, 2.05) is 6.07 Å². The molecule has 0 fully saturated rings. The van der Waals surface area contributed by atoms with Crippen LogP contribution in [0.4, 0.5) is 0 Å². The van der Waals surface area contributed by atoms with E-state index < -0.39 is 0 Å². The van der Waals surface area contributed by atoms with Crippen LogP contribution in [0.5, 0.6) is 0 Å². The normalized spacial score (nSPS) is 11.6. The fourth-order valence-electron chi connectivity index (χ4n) is 0.664. The average Bonchev–Trinajstić information content (AvgIpc) is 2.06. The zero-order valence-electron chi connectivity index (χ0n) is 7.32. The summed E-state index contributed by atoms with van der Waals surface area (Å²) in [5.41, 5.74) is 5.59. The molecule has 0 saturated heterocycles. The summed E-state index contributed by atoms with van der Waals surface area (Å²) in [5, 5.41) is 0.973. The summed E-state index contributed by atoms with van der Waals surface area (Å²) in [5.74, 6) is 0. The number of hydrogen-bond acceptors (Lipinski definition) is 4. The van der Waals surface area contributed by atoms with Crippen LogP contribution in [-0.4, -0.2) is 21.3 Å². The van der Waals surface area contributed by atoms with Crippen molar-refractivity contribution in [2.24, 2.45) is 5.73 Å². The number of hydrogen-bond donors (Lipinski definition) is 1. The molecule has 1 aromatic heterocycles. The molecular weight excluding hydrogens is 170 g/mol. The predicted octanol–water partition coefficient (Wildman–Crippen LogP) is 1.31. The molecule has 0 spiro atoms. The summed E-state index contributed by atoms with van der Waals surface area (Å²) in [7, 11) is 0. The quantitative estimate of drug-likeness (QED) is 0.567. The highest BCUT2D eigenvalue weighted by molar-refractivity contribution is 8.00. The Balaban J connectivity index is 2.64. The van der Waals surface area contributed by atoms with Gasteiger partial charge in [0, 0.05) is 17.5 Å². The molecule has 0 aliphatic carbocycles. The monoisotopic (exact) mass is 183 g/mol. The second-order valence-corrected chi connectivity index (χ2v) is 4.84. The van der Waals surface area contributed by atoms with Crippen molar-refractivity contribution in [3.8, 4) is 0 Å². The van der Waals surface area contributed by atoms with Crippen LogP contribution < -0.4 is 5.73 Å². The Bertz CT molecular complexity index is 235. The zero-order chi connectivity index (χ0) is 9.03. The van der Waals surface area contributed by atoms with E-state index in [0.717, 1.165) is 5.03 Å². The molecule has 0 amide bonds. The largest absolute Gasteiger partial charge is 0.329 e. The van der Waals surface area contributed by atoms with Crippen molar-refractivity contribution < 1.29 is 0 Å². The lowest BCUT2D eigenvalue weighted by molar-refractivity contribution is 0.720. The van der Waals surface area contributed by atoms with Gasteiger partial charge in [0.05, 0.1) is 5.03 Å². The maximum atomic E-state index is 5.59. The van der Waals surface area contributed by atoms with Crippen LogP contribution in [0.15, 0.2) is 23.6 Å². The maximum Gasteiger partial charge on any atom is 0.116 e. The van der Waals surface area contributed by atoms with E-state index in [1.165, 1.54) is 0 Å². The van der Waals surface area contributed by atoms with Gasteiger partial charge in [-0.05, 0) is 19.9 Å². The van der Waals surface area contributed by atoms with Gasteiger partial charge in [0.2, 0.25) is 0 Å². The van der Waals surface area contributed by atoms with Crippen molar-refractivity contribution in [2.75, 3.05) is 6.54 Å². The lowest BCUT2D eigenvalue weighted by Gasteiger charge is -2.20. The summed E-state index contributed by atoms with van der Waals surface area (Å²) in [6.07, 6.45) is 3.29. The van der Waals surface area contributed by atoms with Crippen LogP contribution in [-0.2, 0) is 0 Å². The Kier molecular flexibility index (Phi) is 3.05. The van der Waals surface area contributed by atoms with E-state index in [-0.39, 0.29) is 4.75 Å². The zero-order valence-corrected chi connectivity index (χ0v) is 8.14. The first-order chi connectivity index (χ1) is 5.64. The van der Waals surface area contributed by atoms with Crippen molar-refractivity contribution >= 4 is 11.8 Å². The number of nitrogens with two attached hydrogens (primary N) is 1. The summed E-state index contributed by atoms with van der Waals surface area (Å²) in [6.45, 7) is 4.83. The van der Waals surface area contributed by atoms with Crippen molar-refractivity contribution in [3.05, 3.63) is 18.6 Å². The fraction of sp³-hybridized carbons (Fsp3) is 0.500. The number of nitrogens with zero attached hydrogens (tertiary/aromatic N) is 2. The van der Waals surface area contributed by atoms with Gasteiger partial charge in [-0.2, -0.15) is 0 Å². The third-order valence-electron chi connectivity index (χ3n) is 1.43. The van der Waals surface area contributed by atoms with Crippen LogP contribution in [0.3, 0.4) is 0 Å². The minimum atomic E-state index is 0.0500. The molecule has 3 nitrogen and oxygen atoms in total. The predicted molar refractivity (Wildman–Crippen MR) is 51.0 cm³/mol. The van der Waals surface area contributed by atoms with Crippen LogP contribution in [0.2, 0.25) is 0 Å². The topological polar surface area (TPSA) is 51.8 Å². The van der Waals surface area contributed by atoms with E-state index in [2.05, 4.69) is 23.8 Å². The molecule has 1 heterocycles. The molecule has 4 heteroatoms. The Morgan fingerprint density at radius 2 is 2.33 bits per heavy atom. The second kappa shape index (κ2) is 3.87. The van der Waals surface area contributed by atoms with Gasteiger partial charge in [-0.3, -0.25) is 0 Å². The number of rotatable bonds is 3. The Hall–Kier alpha value is -0.610. The highest BCUT2D eigenvalue weighted by atomic mass is 32.2. The van der Waals surface area contributed by atoms with Crippen molar-refractivity contribution in [1.82, 2.24) is 9.97 Å². The summed E-state index contributed by atoms with van der Waals surface area (Å²) in [4.78, 5) is 7.95. The maximum absolute atomic E-state index is 5.59. The minimum absolute atomic E-state index is 0.0500. The van der Waals surface area contributed by atoms with E-state index >= 15 is 0 Å². The summed E-state index contributed by atoms with van der Waals surface area (Å²) in [6, 6.07) is 1.89. The molecule has 66 valence electrons. The molecule has 1 rings (SSSR count). The Morgan fingerprint density at radius 3 is 2.83 bits per heavy atom. The molecule has 0 aromatic carbocycles. The smallest absolute Gasteiger partial charge is 0.116 e. The first-order valence-electron chi connectivity index (χ1n) is 3.79. The van der Waals surface area contributed by atoms with Crippen molar-refractivity contribution in [3.63, 3.8) is 0 Å². The van der Waals surface area contributed by atoms with Gasteiger partial charge >= 0.3 is 0 Å². The van der Waals surface area contributed by atoms with Crippen molar-refractivity contribution in [1.29, 1.82) is 0 Å². The standard InChI is InChI=1S/C8H13N3S/c1-8(2,5-9)12-7-3-4-10-6-11-7/h3-4,6H,5,9H2,1-2H3. The van der Waals surface area contributed by atoms with Gasteiger partial charge in [0.25, 0.3) is 0 Å². The molecule has 2 N–H and O–H groups in total. The summed E-state index contributed by atoms with van der Waals surface area (Å²) >= 11 is 1.67. The van der Waals surface area contributed by atoms with Crippen LogP contribution in [0.1, 0.15) is 13.8 Å². The van der Waals surface area contributed by atoms with E-state index in [1.54, 1.807) is 24.3 Å². The van der Waals surface area contributed by atoms with Crippen LogP contribution >= 0.6 is 11.8 Å². The first kappa shape index (κ1) is 9.48. The highest BCUT2D eigenvalue weighted by Crippen LogP contribution is 2.29. The lowest BCUT2D eigenvalue weighted by atomic mass is 10.2. The van der Waals surface area contributed by atoms with Crippen LogP contribution in [0.25, 0.3) is 0 Å².